The number of nitrogens with zero attached hydrogens (tertiary/aromatic N) is 3. The molecule has 0 radical (unpaired) electrons. The van der Waals surface area contributed by atoms with Crippen LogP contribution in [0.2, 0.25) is 0 Å². The van der Waals surface area contributed by atoms with Gasteiger partial charge in [-0.3, -0.25) is 9.89 Å². The second kappa shape index (κ2) is 14.8. The smallest absolute Gasteiger partial charge is 0.191 e. The summed E-state index contributed by atoms with van der Waals surface area (Å²) in [5.41, 5.74) is 2.29. The maximum atomic E-state index is 5.87. The molecular weight excluding hydrogens is 481 g/mol. The van der Waals surface area contributed by atoms with E-state index in [1.807, 2.05) is 0 Å². The molecule has 2 N–H and O–H groups in total. The van der Waals surface area contributed by atoms with Crippen LogP contribution in [-0.2, 0) is 11.3 Å². The molecule has 0 unspecified atom stereocenters. The van der Waals surface area contributed by atoms with Gasteiger partial charge in [0.05, 0.1) is 6.61 Å². The number of aliphatic imine (C=N–C) groups is 1. The number of hydrogen-bond donors (Lipinski definition) is 2. The number of guanidine groups is 1. The molecule has 1 aromatic carbocycles. The average molecular weight is 519 g/mol. The lowest BCUT2D eigenvalue weighted by molar-refractivity contribution is 0.139. The molecule has 1 saturated heterocycles. The van der Waals surface area contributed by atoms with Crippen molar-refractivity contribution in [2.24, 2.45) is 4.99 Å². The summed E-state index contributed by atoms with van der Waals surface area (Å²) >= 11 is 0. The van der Waals surface area contributed by atoms with Crippen LogP contribution >= 0.6 is 24.0 Å². The molecule has 2 rings (SSSR count). The third-order valence-electron chi connectivity index (χ3n) is 5.07. The van der Waals surface area contributed by atoms with E-state index < -0.39 is 0 Å². The zero-order valence-electron chi connectivity index (χ0n) is 18.4. The highest BCUT2D eigenvalue weighted by atomic mass is 127. The molecule has 1 aliphatic rings. The molecule has 1 aromatic rings. The van der Waals surface area contributed by atoms with Crippen LogP contribution in [0.4, 0.5) is 0 Å². The number of halogens is 1. The highest BCUT2D eigenvalue weighted by Crippen LogP contribution is 2.20. The van der Waals surface area contributed by atoms with Crippen LogP contribution < -0.4 is 15.4 Å². The Balaban J connectivity index is 0.00000420. The third kappa shape index (κ3) is 9.50. The summed E-state index contributed by atoms with van der Waals surface area (Å²) in [4.78, 5) is 9.35. The minimum Gasteiger partial charge on any atom is -0.491 e. The minimum atomic E-state index is 0. The van der Waals surface area contributed by atoms with Crippen LogP contribution in [0.25, 0.3) is 0 Å². The normalized spacial score (nSPS) is 15.7. The van der Waals surface area contributed by atoms with Crippen molar-refractivity contribution in [1.29, 1.82) is 0 Å². The van der Waals surface area contributed by atoms with Gasteiger partial charge >= 0.3 is 0 Å². The first-order valence-electron chi connectivity index (χ1n) is 10.3. The fraction of sp³-hybridized carbons (Fsp3) is 0.667. The number of rotatable bonds is 10. The summed E-state index contributed by atoms with van der Waals surface area (Å²) in [5.74, 6) is 1.71. The molecule has 8 heteroatoms. The van der Waals surface area contributed by atoms with Crippen molar-refractivity contribution in [3.63, 3.8) is 0 Å². The van der Waals surface area contributed by atoms with E-state index in [4.69, 9.17) is 9.47 Å². The first-order valence-corrected chi connectivity index (χ1v) is 10.3. The van der Waals surface area contributed by atoms with Crippen LogP contribution in [-0.4, -0.2) is 88.9 Å². The lowest BCUT2D eigenvalue weighted by atomic mass is 10.1. The molecule has 1 heterocycles. The molecule has 1 aliphatic heterocycles. The Hall–Kier alpha value is -1.10. The topological polar surface area (TPSA) is 61.4 Å². The number of piperazine rings is 1. The predicted molar refractivity (Wildman–Crippen MR) is 131 cm³/mol. The number of methoxy groups -OCH3 is 1. The van der Waals surface area contributed by atoms with Crippen molar-refractivity contribution in [2.75, 3.05) is 73.2 Å². The first-order chi connectivity index (χ1) is 13.7. The number of aryl methyl sites for hydroxylation is 1. The summed E-state index contributed by atoms with van der Waals surface area (Å²) in [6, 6.07) is 6.27. The Kier molecular flexibility index (Phi) is 13.2. The Bertz CT molecular complexity index is 607. The fourth-order valence-electron chi connectivity index (χ4n) is 3.24. The van der Waals surface area contributed by atoms with Gasteiger partial charge in [-0.25, -0.2) is 0 Å². The Morgan fingerprint density at radius 3 is 2.48 bits per heavy atom. The van der Waals surface area contributed by atoms with Gasteiger partial charge in [0, 0.05) is 65.5 Å². The van der Waals surface area contributed by atoms with Gasteiger partial charge in [-0.05, 0) is 25.1 Å². The van der Waals surface area contributed by atoms with E-state index in [-0.39, 0.29) is 24.0 Å². The number of likely N-dealkylation sites (N-methyl/N-ethyl adjacent to an activating group) is 1. The Labute approximate surface area is 193 Å². The van der Waals surface area contributed by atoms with Gasteiger partial charge in [0.2, 0.25) is 0 Å². The maximum Gasteiger partial charge on any atom is 0.191 e. The number of ether oxygens (including phenoxy) is 2. The second-order valence-corrected chi connectivity index (χ2v) is 7.08. The molecule has 0 spiro atoms. The average Bonchev–Trinajstić information content (AvgIpc) is 2.72. The second-order valence-electron chi connectivity index (χ2n) is 7.08. The van der Waals surface area contributed by atoms with Gasteiger partial charge < -0.3 is 25.0 Å². The van der Waals surface area contributed by atoms with Crippen LogP contribution in [0.5, 0.6) is 5.75 Å². The van der Waals surface area contributed by atoms with E-state index in [1.165, 1.54) is 18.7 Å². The molecule has 7 nitrogen and oxygen atoms in total. The van der Waals surface area contributed by atoms with Gasteiger partial charge in [-0.15, -0.1) is 24.0 Å². The lowest BCUT2D eigenvalue weighted by Gasteiger charge is -2.34. The molecule has 0 atom stereocenters. The summed E-state index contributed by atoms with van der Waals surface area (Å²) in [6.45, 7) is 13.8. The van der Waals surface area contributed by atoms with Crippen LogP contribution in [0.1, 0.15) is 18.1 Å². The number of nitrogens with one attached hydrogen (secondary N) is 2. The van der Waals surface area contributed by atoms with Crippen LogP contribution in [0, 0.1) is 6.92 Å². The summed E-state index contributed by atoms with van der Waals surface area (Å²) in [6.07, 6.45) is 0. The van der Waals surface area contributed by atoms with Gasteiger partial charge in [0.15, 0.2) is 5.96 Å². The van der Waals surface area contributed by atoms with Crippen molar-refractivity contribution in [3.8, 4) is 5.75 Å². The summed E-state index contributed by atoms with van der Waals surface area (Å²) < 4.78 is 10.9. The fourth-order valence-corrected chi connectivity index (χ4v) is 3.24. The van der Waals surface area contributed by atoms with E-state index in [0.29, 0.717) is 19.8 Å². The van der Waals surface area contributed by atoms with Gasteiger partial charge in [0.25, 0.3) is 0 Å². The predicted octanol–water partition coefficient (Wildman–Crippen LogP) is 1.94. The van der Waals surface area contributed by atoms with Gasteiger partial charge in [-0.2, -0.15) is 0 Å². The Morgan fingerprint density at radius 2 is 1.83 bits per heavy atom. The molecule has 0 saturated carbocycles. The Morgan fingerprint density at radius 1 is 1.10 bits per heavy atom. The van der Waals surface area contributed by atoms with E-state index in [0.717, 1.165) is 50.0 Å². The molecule has 0 aliphatic carbocycles. The van der Waals surface area contributed by atoms with Crippen molar-refractivity contribution in [3.05, 3.63) is 29.3 Å². The molecular formula is C21H38IN5O2. The highest BCUT2D eigenvalue weighted by Gasteiger charge is 2.14. The van der Waals surface area contributed by atoms with Crippen molar-refractivity contribution >= 4 is 29.9 Å². The van der Waals surface area contributed by atoms with Crippen LogP contribution in [0.3, 0.4) is 0 Å². The zero-order chi connectivity index (χ0) is 20.2. The SMILES string of the molecule is CCN1CCN(CCNC(=NC)NCc2ccc(C)cc2OCCOC)CC1.I. The zero-order valence-corrected chi connectivity index (χ0v) is 20.7. The van der Waals surface area contributed by atoms with Crippen molar-refractivity contribution in [1.82, 2.24) is 20.4 Å². The standard InChI is InChI=1S/C21H37N5O2.HI/c1-5-25-10-12-26(13-11-25)9-8-23-21(22-3)24-17-19-7-6-18(2)16-20(19)28-15-14-27-4;/h6-7,16H,5,8-15,17H2,1-4H3,(H2,22,23,24);1H. The maximum absolute atomic E-state index is 5.87. The minimum absolute atomic E-state index is 0. The monoisotopic (exact) mass is 519 g/mol. The molecule has 0 aromatic heterocycles. The van der Waals surface area contributed by atoms with Gasteiger partial charge in [-0.1, -0.05) is 19.1 Å². The van der Waals surface area contributed by atoms with Crippen molar-refractivity contribution < 1.29 is 9.47 Å². The lowest BCUT2D eigenvalue weighted by Crippen LogP contribution is -2.49. The summed E-state index contributed by atoms with van der Waals surface area (Å²) in [7, 11) is 3.49. The van der Waals surface area contributed by atoms with Crippen molar-refractivity contribution in [2.45, 2.75) is 20.4 Å². The van der Waals surface area contributed by atoms with E-state index in [9.17, 15) is 0 Å². The number of hydrogen-bond acceptors (Lipinski definition) is 5. The van der Waals surface area contributed by atoms with E-state index in [2.05, 4.69) is 57.5 Å². The molecule has 29 heavy (non-hydrogen) atoms. The van der Waals surface area contributed by atoms with Gasteiger partial charge in [0.1, 0.15) is 12.4 Å². The molecule has 166 valence electrons. The van der Waals surface area contributed by atoms with E-state index >= 15 is 0 Å². The van der Waals surface area contributed by atoms with E-state index in [1.54, 1.807) is 14.2 Å². The number of benzene rings is 1. The van der Waals surface area contributed by atoms with Crippen LogP contribution in [0.15, 0.2) is 23.2 Å². The molecule has 0 bridgehead atoms. The first kappa shape index (κ1) is 25.9. The summed E-state index contributed by atoms with van der Waals surface area (Å²) in [5, 5.41) is 6.81. The molecule has 0 amide bonds. The third-order valence-corrected chi connectivity index (χ3v) is 5.07. The largest absolute Gasteiger partial charge is 0.491 e. The highest BCUT2D eigenvalue weighted by molar-refractivity contribution is 14.0. The molecule has 1 fully saturated rings. The quantitative estimate of drug-likeness (QED) is 0.213.